The number of nitrogens with zero attached hydrogens (tertiary/aromatic N) is 3. The first-order valence-corrected chi connectivity index (χ1v) is 10.3. The van der Waals surface area contributed by atoms with Crippen LogP contribution in [0.2, 0.25) is 0 Å². The van der Waals surface area contributed by atoms with Gasteiger partial charge in [0.25, 0.3) is 0 Å². The SMILES string of the molecule is Cc1cc(C)n(-c2ccc(NC(=O)C3(S(C)(=O)=O)CCNCC3)cn2)n1. The van der Waals surface area contributed by atoms with Crippen LogP contribution < -0.4 is 10.6 Å². The number of aromatic nitrogens is 3. The van der Waals surface area contributed by atoms with Crippen molar-refractivity contribution in [2.45, 2.75) is 31.4 Å². The largest absolute Gasteiger partial charge is 0.323 e. The first kappa shape index (κ1) is 18.5. The summed E-state index contributed by atoms with van der Waals surface area (Å²) < 4.78 is 24.9. The zero-order valence-corrected chi connectivity index (χ0v) is 15.9. The summed E-state index contributed by atoms with van der Waals surface area (Å²) >= 11 is 0. The Kier molecular flexibility index (Phi) is 4.85. The monoisotopic (exact) mass is 377 g/mol. The van der Waals surface area contributed by atoms with Crippen molar-refractivity contribution in [2.24, 2.45) is 0 Å². The molecule has 0 atom stereocenters. The van der Waals surface area contributed by atoms with Crippen LogP contribution in [0.25, 0.3) is 5.82 Å². The number of hydrogen-bond acceptors (Lipinski definition) is 6. The smallest absolute Gasteiger partial charge is 0.245 e. The molecule has 0 saturated carbocycles. The average molecular weight is 377 g/mol. The third kappa shape index (κ3) is 3.36. The van der Waals surface area contributed by atoms with Crippen molar-refractivity contribution in [3.05, 3.63) is 35.8 Å². The van der Waals surface area contributed by atoms with Gasteiger partial charge < -0.3 is 10.6 Å². The summed E-state index contributed by atoms with van der Waals surface area (Å²) in [5.41, 5.74) is 2.31. The number of amides is 1. The molecule has 1 amide bonds. The summed E-state index contributed by atoms with van der Waals surface area (Å²) in [6.07, 6.45) is 3.16. The summed E-state index contributed by atoms with van der Waals surface area (Å²) in [7, 11) is -3.55. The van der Waals surface area contributed by atoms with Gasteiger partial charge in [0.1, 0.15) is 0 Å². The highest BCUT2D eigenvalue weighted by molar-refractivity contribution is 7.92. The van der Waals surface area contributed by atoms with E-state index in [-0.39, 0.29) is 12.8 Å². The fourth-order valence-corrected chi connectivity index (χ4v) is 4.62. The number of hydrogen-bond donors (Lipinski definition) is 2. The van der Waals surface area contributed by atoms with E-state index in [0.717, 1.165) is 17.6 Å². The van der Waals surface area contributed by atoms with Gasteiger partial charge in [-0.3, -0.25) is 4.79 Å². The fourth-order valence-electron chi connectivity index (χ4n) is 3.29. The summed E-state index contributed by atoms with van der Waals surface area (Å²) in [6, 6.07) is 5.39. The highest BCUT2D eigenvalue weighted by Gasteiger charge is 2.48. The lowest BCUT2D eigenvalue weighted by atomic mass is 9.96. The lowest BCUT2D eigenvalue weighted by Gasteiger charge is -2.34. The Morgan fingerprint density at radius 2 is 1.96 bits per heavy atom. The van der Waals surface area contributed by atoms with Crippen molar-refractivity contribution in [1.29, 1.82) is 0 Å². The highest BCUT2D eigenvalue weighted by Crippen LogP contribution is 2.29. The first-order chi connectivity index (χ1) is 12.2. The van der Waals surface area contributed by atoms with E-state index in [1.165, 1.54) is 6.20 Å². The minimum Gasteiger partial charge on any atom is -0.323 e. The molecule has 2 aromatic rings. The van der Waals surface area contributed by atoms with Crippen molar-refractivity contribution in [2.75, 3.05) is 24.7 Å². The zero-order chi connectivity index (χ0) is 18.9. The minimum absolute atomic E-state index is 0.259. The van der Waals surface area contributed by atoms with Crippen LogP contribution in [0.5, 0.6) is 0 Å². The molecule has 0 bridgehead atoms. The summed E-state index contributed by atoms with van der Waals surface area (Å²) in [5.74, 6) is 0.135. The molecular formula is C17H23N5O3S. The highest BCUT2D eigenvalue weighted by atomic mass is 32.2. The number of aryl methyl sites for hydroxylation is 2. The van der Waals surface area contributed by atoms with E-state index in [1.807, 2.05) is 19.9 Å². The van der Waals surface area contributed by atoms with Gasteiger partial charge in [-0.25, -0.2) is 18.1 Å². The zero-order valence-electron chi connectivity index (χ0n) is 15.1. The van der Waals surface area contributed by atoms with Crippen LogP contribution in [0.3, 0.4) is 0 Å². The molecule has 2 aromatic heterocycles. The molecule has 1 fully saturated rings. The molecule has 2 N–H and O–H groups in total. The molecule has 3 heterocycles. The molecule has 1 saturated heterocycles. The molecule has 0 aromatic carbocycles. The van der Waals surface area contributed by atoms with Gasteiger partial charge >= 0.3 is 0 Å². The van der Waals surface area contributed by atoms with Crippen molar-refractivity contribution in [3.63, 3.8) is 0 Å². The Labute approximate surface area is 152 Å². The van der Waals surface area contributed by atoms with Crippen molar-refractivity contribution in [1.82, 2.24) is 20.1 Å². The first-order valence-electron chi connectivity index (χ1n) is 8.44. The molecule has 0 spiro atoms. The molecule has 26 heavy (non-hydrogen) atoms. The van der Waals surface area contributed by atoms with E-state index in [4.69, 9.17) is 0 Å². The van der Waals surface area contributed by atoms with Crippen molar-refractivity contribution < 1.29 is 13.2 Å². The van der Waals surface area contributed by atoms with Crippen molar-refractivity contribution >= 4 is 21.4 Å². The molecule has 1 aliphatic heterocycles. The minimum atomic E-state index is -3.55. The molecule has 0 unspecified atom stereocenters. The van der Waals surface area contributed by atoms with Crippen LogP contribution in [0.1, 0.15) is 24.2 Å². The molecule has 1 aliphatic rings. The normalized spacial score (nSPS) is 17.0. The molecule has 140 valence electrons. The standard InChI is InChI=1S/C17H23N5O3S/c1-12-10-13(2)22(21-12)15-5-4-14(11-19-15)20-16(23)17(26(3,24)25)6-8-18-9-7-17/h4-5,10-11,18H,6-9H2,1-3H3,(H,20,23). The quantitative estimate of drug-likeness (QED) is 0.823. The molecule has 0 radical (unpaired) electrons. The summed E-state index contributed by atoms with van der Waals surface area (Å²) in [5, 5.41) is 10.2. The third-order valence-corrected chi connectivity index (χ3v) is 6.78. The summed E-state index contributed by atoms with van der Waals surface area (Å²) in [6.45, 7) is 4.83. The maximum atomic E-state index is 12.8. The second kappa shape index (κ2) is 6.81. The number of carbonyl (C=O) groups is 1. The van der Waals surface area contributed by atoms with Gasteiger partial charge in [0.2, 0.25) is 5.91 Å². The van der Waals surface area contributed by atoms with Gasteiger partial charge in [0.05, 0.1) is 17.6 Å². The number of nitrogens with one attached hydrogen (secondary N) is 2. The van der Waals surface area contributed by atoms with Crippen LogP contribution in [0.15, 0.2) is 24.4 Å². The third-order valence-electron chi connectivity index (χ3n) is 4.77. The van der Waals surface area contributed by atoms with Crippen LogP contribution in [0.4, 0.5) is 5.69 Å². The number of pyridine rings is 1. The lowest BCUT2D eigenvalue weighted by molar-refractivity contribution is -0.119. The van der Waals surface area contributed by atoms with E-state index in [2.05, 4.69) is 20.7 Å². The lowest BCUT2D eigenvalue weighted by Crippen LogP contribution is -2.55. The number of piperidine rings is 1. The molecule has 0 aliphatic carbocycles. The topological polar surface area (TPSA) is 106 Å². The predicted octanol–water partition coefficient (Wildman–Crippen LogP) is 0.989. The van der Waals surface area contributed by atoms with E-state index in [9.17, 15) is 13.2 Å². The Balaban J connectivity index is 1.82. The van der Waals surface area contributed by atoms with Crippen LogP contribution in [-0.2, 0) is 14.6 Å². The number of sulfone groups is 1. The van der Waals surface area contributed by atoms with Gasteiger partial charge in [-0.1, -0.05) is 0 Å². The van der Waals surface area contributed by atoms with E-state index >= 15 is 0 Å². The Bertz CT molecular complexity index is 912. The predicted molar refractivity (Wildman–Crippen MR) is 99.1 cm³/mol. The number of anilines is 1. The van der Waals surface area contributed by atoms with Crippen LogP contribution >= 0.6 is 0 Å². The van der Waals surface area contributed by atoms with E-state index < -0.39 is 20.5 Å². The van der Waals surface area contributed by atoms with Crippen molar-refractivity contribution in [3.8, 4) is 5.82 Å². The van der Waals surface area contributed by atoms with Gasteiger partial charge in [0.15, 0.2) is 20.4 Å². The Hall–Kier alpha value is -2.26. The van der Waals surface area contributed by atoms with E-state index in [1.54, 1.807) is 16.8 Å². The second-order valence-corrected chi connectivity index (χ2v) is 9.04. The molecular weight excluding hydrogens is 354 g/mol. The maximum Gasteiger partial charge on any atom is 0.245 e. The second-order valence-electron chi connectivity index (χ2n) is 6.71. The maximum absolute atomic E-state index is 12.8. The Morgan fingerprint density at radius 1 is 1.27 bits per heavy atom. The fraction of sp³-hybridized carbons (Fsp3) is 0.471. The summed E-state index contributed by atoms with van der Waals surface area (Å²) in [4.78, 5) is 17.1. The van der Waals surface area contributed by atoms with Gasteiger partial charge in [0, 0.05) is 11.9 Å². The van der Waals surface area contributed by atoms with Gasteiger partial charge in [-0.15, -0.1) is 0 Å². The number of carbonyl (C=O) groups excluding carboxylic acids is 1. The molecule has 3 rings (SSSR count). The number of rotatable bonds is 4. The molecule has 8 nitrogen and oxygen atoms in total. The van der Waals surface area contributed by atoms with Gasteiger partial charge in [-0.2, -0.15) is 5.10 Å². The molecule has 9 heteroatoms. The van der Waals surface area contributed by atoms with Crippen LogP contribution in [0, 0.1) is 13.8 Å². The van der Waals surface area contributed by atoms with Crippen LogP contribution in [-0.4, -0.2) is 53.2 Å². The van der Waals surface area contributed by atoms with E-state index in [0.29, 0.717) is 24.6 Å². The Morgan fingerprint density at radius 3 is 2.46 bits per heavy atom. The average Bonchev–Trinajstić information content (AvgIpc) is 2.93. The van der Waals surface area contributed by atoms with Gasteiger partial charge in [-0.05, 0) is 58.0 Å².